The van der Waals surface area contributed by atoms with Gasteiger partial charge in [-0.25, -0.2) is 4.68 Å². The third kappa shape index (κ3) is 3.38. The third-order valence-electron chi connectivity index (χ3n) is 2.80. The molecular formula is C15H14ClN3O2. The lowest BCUT2D eigenvalue weighted by molar-refractivity contribution is 0.0950. The van der Waals surface area contributed by atoms with E-state index in [0.717, 1.165) is 5.69 Å². The fraction of sp³-hybridized carbons (Fsp3) is 0.133. The summed E-state index contributed by atoms with van der Waals surface area (Å²) in [6, 6.07) is 8.34. The zero-order chi connectivity index (χ0) is 15.4. The third-order valence-corrected chi connectivity index (χ3v) is 3.05. The molecule has 0 atom stereocenters. The summed E-state index contributed by atoms with van der Waals surface area (Å²) in [7, 11) is 0. The van der Waals surface area contributed by atoms with Crippen molar-refractivity contribution in [2.75, 3.05) is 6.54 Å². The first-order chi connectivity index (χ1) is 10.0. The van der Waals surface area contributed by atoms with E-state index in [1.165, 1.54) is 16.8 Å². The number of amides is 1. The van der Waals surface area contributed by atoms with Crippen molar-refractivity contribution in [1.82, 2.24) is 15.1 Å². The van der Waals surface area contributed by atoms with Gasteiger partial charge in [0.25, 0.3) is 5.91 Å². The minimum atomic E-state index is -0.525. The largest absolute Gasteiger partial charge is 0.347 e. The van der Waals surface area contributed by atoms with Crippen molar-refractivity contribution >= 4 is 17.5 Å². The summed E-state index contributed by atoms with van der Waals surface area (Å²) in [5, 5.41) is 7.28. The Morgan fingerprint density at radius 1 is 1.43 bits per heavy atom. The van der Waals surface area contributed by atoms with Crippen LogP contribution in [0.25, 0.3) is 5.69 Å². The number of nitrogens with one attached hydrogen (secondary N) is 1. The Morgan fingerprint density at radius 2 is 2.10 bits per heavy atom. The predicted octanol–water partition coefficient (Wildman–Crippen LogP) is 2.11. The molecular weight excluding hydrogens is 290 g/mol. The fourth-order valence-electron chi connectivity index (χ4n) is 1.80. The summed E-state index contributed by atoms with van der Waals surface area (Å²) in [5.74, 6) is -0.525. The molecule has 0 aliphatic heterocycles. The van der Waals surface area contributed by atoms with Crippen LogP contribution >= 0.6 is 11.6 Å². The molecule has 0 radical (unpaired) electrons. The number of rotatable bonds is 4. The maximum atomic E-state index is 11.9. The molecule has 0 aliphatic rings. The molecule has 1 N–H and O–H groups in total. The van der Waals surface area contributed by atoms with Crippen LogP contribution in [0.1, 0.15) is 16.2 Å². The van der Waals surface area contributed by atoms with Crippen molar-refractivity contribution in [2.45, 2.75) is 6.92 Å². The molecule has 0 saturated heterocycles. The van der Waals surface area contributed by atoms with E-state index >= 15 is 0 Å². The number of hydrogen-bond acceptors (Lipinski definition) is 3. The lowest BCUT2D eigenvalue weighted by Gasteiger charge is -2.11. The first kappa shape index (κ1) is 15.0. The summed E-state index contributed by atoms with van der Waals surface area (Å²) in [6.07, 6.45) is 1.53. The van der Waals surface area contributed by atoms with Gasteiger partial charge in [-0.3, -0.25) is 9.59 Å². The van der Waals surface area contributed by atoms with Gasteiger partial charge in [0, 0.05) is 23.3 Å². The topological polar surface area (TPSA) is 64.0 Å². The van der Waals surface area contributed by atoms with Gasteiger partial charge >= 0.3 is 0 Å². The highest BCUT2D eigenvalue weighted by Gasteiger charge is 2.14. The molecule has 0 aliphatic carbocycles. The number of nitrogens with zero attached hydrogens (tertiary/aromatic N) is 2. The smallest absolute Gasteiger partial charge is 0.276 e. The molecule has 5 nitrogen and oxygen atoms in total. The highest BCUT2D eigenvalue weighted by atomic mass is 35.5. The quantitative estimate of drug-likeness (QED) is 0.880. The predicted molar refractivity (Wildman–Crippen MR) is 82.1 cm³/mol. The standard InChI is InChI=1S/C15H14ClN3O2/c1-3-8-17-15(21)14-13(20)9-10(2)19(18-14)12-6-4-11(16)5-7-12/h3-7,9H,1,8H2,2H3,(H,17,21). The van der Waals surface area contributed by atoms with E-state index in [2.05, 4.69) is 17.0 Å². The number of aromatic nitrogens is 2. The van der Waals surface area contributed by atoms with Crippen molar-refractivity contribution < 1.29 is 4.79 Å². The number of aryl methyl sites for hydroxylation is 1. The van der Waals surface area contributed by atoms with Gasteiger partial charge in [-0.2, -0.15) is 5.10 Å². The van der Waals surface area contributed by atoms with Gasteiger partial charge in [0.05, 0.1) is 5.69 Å². The second kappa shape index (κ2) is 6.37. The molecule has 21 heavy (non-hydrogen) atoms. The van der Waals surface area contributed by atoms with E-state index in [1.54, 1.807) is 31.2 Å². The molecule has 1 aromatic heterocycles. The monoisotopic (exact) mass is 303 g/mol. The van der Waals surface area contributed by atoms with Crippen LogP contribution in [0.4, 0.5) is 0 Å². The van der Waals surface area contributed by atoms with Gasteiger partial charge in [0.1, 0.15) is 0 Å². The molecule has 1 amide bonds. The molecule has 6 heteroatoms. The van der Waals surface area contributed by atoms with Crippen LogP contribution < -0.4 is 10.7 Å². The minimum absolute atomic E-state index is 0.155. The second-order valence-electron chi connectivity index (χ2n) is 4.39. The van der Waals surface area contributed by atoms with Gasteiger partial charge in [0.15, 0.2) is 5.69 Å². The van der Waals surface area contributed by atoms with E-state index in [9.17, 15) is 9.59 Å². The highest BCUT2D eigenvalue weighted by molar-refractivity contribution is 6.30. The van der Waals surface area contributed by atoms with Gasteiger partial charge in [0.2, 0.25) is 5.43 Å². The van der Waals surface area contributed by atoms with E-state index in [0.29, 0.717) is 10.7 Å². The first-order valence-corrected chi connectivity index (χ1v) is 6.66. The van der Waals surface area contributed by atoms with E-state index in [-0.39, 0.29) is 12.2 Å². The lowest BCUT2D eigenvalue weighted by atomic mass is 10.2. The molecule has 1 heterocycles. The van der Waals surface area contributed by atoms with Gasteiger partial charge in [-0.15, -0.1) is 6.58 Å². The summed E-state index contributed by atoms with van der Waals surface area (Å²) in [5.41, 5.74) is 0.772. The Bertz CT molecular complexity index is 736. The first-order valence-electron chi connectivity index (χ1n) is 6.29. The zero-order valence-electron chi connectivity index (χ0n) is 11.5. The molecule has 0 saturated carbocycles. The van der Waals surface area contributed by atoms with E-state index < -0.39 is 11.3 Å². The number of halogens is 1. The summed E-state index contributed by atoms with van der Waals surface area (Å²) in [4.78, 5) is 23.8. The molecule has 0 unspecified atom stereocenters. The fourth-order valence-corrected chi connectivity index (χ4v) is 1.92. The van der Waals surface area contributed by atoms with Crippen molar-refractivity contribution in [3.63, 3.8) is 0 Å². The zero-order valence-corrected chi connectivity index (χ0v) is 12.2. The molecule has 2 aromatic rings. The maximum Gasteiger partial charge on any atom is 0.276 e. The van der Waals surface area contributed by atoms with Crippen LogP contribution in [0.15, 0.2) is 47.8 Å². The normalized spacial score (nSPS) is 10.2. The number of carbonyl (C=O) groups is 1. The Labute approximate surface area is 126 Å². The lowest BCUT2D eigenvalue weighted by Crippen LogP contribution is -2.32. The van der Waals surface area contributed by atoms with Crippen molar-refractivity contribution in [1.29, 1.82) is 0 Å². The van der Waals surface area contributed by atoms with Gasteiger partial charge < -0.3 is 5.32 Å². The number of hydrogen-bond donors (Lipinski definition) is 1. The van der Waals surface area contributed by atoms with Crippen LogP contribution in [0.2, 0.25) is 5.02 Å². The minimum Gasteiger partial charge on any atom is -0.347 e. The Kier molecular flexibility index (Phi) is 4.55. The van der Waals surface area contributed by atoms with Gasteiger partial charge in [-0.1, -0.05) is 17.7 Å². The van der Waals surface area contributed by atoms with E-state index in [4.69, 9.17) is 11.6 Å². The Morgan fingerprint density at radius 3 is 2.71 bits per heavy atom. The highest BCUT2D eigenvalue weighted by Crippen LogP contribution is 2.13. The molecule has 0 spiro atoms. The SMILES string of the molecule is C=CCNC(=O)c1nn(-c2ccc(Cl)cc2)c(C)cc1=O. The summed E-state index contributed by atoms with van der Waals surface area (Å²) in [6.45, 7) is 5.52. The van der Waals surface area contributed by atoms with Crippen molar-refractivity contribution in [3.8, 4) is 5.69 Å². The van der Waals surface area contributed by atoms with Gasteiger partial charge in [-0.05, 0) is 31.2 Å². The maximum absolute atomic E-state index is 11.9. The number of benzene rings is 1. The van der Waals surface area contributed by atoms with Crippen LogP contribution in [-0.2, 0) is 0 Å². The Hall–Kier alpha value is -2.40. The molecule has 108 valence electrons. The second-order valence-corrected chi connectivity index (χ2v) is 4.82. The van der Waals surface area contributed by atoms with Crippen LogP contribution in [0.5, 0.6) is 0 Å². The number of carbonyl (C=O) groups excluding carboxylic acids is 1. The average molecular weight is 304 g/mol. The van der Waals surface area contributed by atoms with Crippen LogP contribution in [0.3, 0.4) is 0 Å². The molecule has 0 bridgehead atoms. The van der Waals surface area contributed by atoms with E-state index in [1.807, 2.05) is 0 Å². The Balaban J connectivity index is 2.48. The van der Waals surface area contributed by atoms with Crippen molar-refractivity contribution in [3.05, 3.63) is 69.6 Å². The molecule has 0 fully saturated rings. The van der Waals surface area contributed by atoms with Crippen LogP contribution in [-0.4, -0.2) is 22.2 Å². The van der Waals surface area contributed by atoms with Crippen molar-refractivity contribution in [2.24, 2.45) is 0 Å². The average Bonchev–Trinajstić information content (AvgIpc) is 2.46. The summed E-state index contributed by atoms with van der Waals surface area (Å²) < 4.78 is 1.53. The molecule has 2 rings (SSSR count). The van der Waals surface area contributed by atoms with Crippen LogP contribution in [0, 0.1) is 6.92 Å². The summed E-state index contributed by atoms with van der Waals surface area (Å²) >= 11 is 5.85. The molecule has 1 aromatic carbocycles.